The van der Waals surface area contributed by atoms with Gasteiger partial charge in [0, 0.05) is 13.0 Å². The van der Waals surface area contributed by atoms with Gasteiger partial charge in [-0.15, -0.1) is 0 Å². The third-order valence-corrected chi connectivity index (χ3v) is 1.87. The van der Waals surface area contributed by atoms with Gasteiger partial charge in [-0.05, 0) is 18.6 Å². The van der Waals surface area contributed by atoms with Crippen LogP contribution < -0.4 is 11.3 Å². The molecule has 0 radical (unpaired) electrons. The monoisotopic (exact) mass is 195 g/mol. The molecule has 0 fully saturated rings. The Morgan fingerprint density at radius 3 is 2.79 bits per heavy atom. The maximum absolute atomic E-state index is 5.51. The number of rotatable bonds is 4. The number of aliphatic imine (C=N–C) groups is 1. The number of nitrogens with zero attached hydrogens (tertiary/aromatic N) is 1. The van der Waals surface area contributed by atoms with Crippen LogP contribution in [-0.4, -0.2) is 12.4 Å². The van der Waals surface area contributed by atoms with Gasteiger partial charge in [0.25, 0.3) is 0 Å². The Bertz CT molecular complexity index is 304. The Hall–Kier alpha value is -1.29. The standard InChI is InChI=1S/C10H17N3O/c1-3-7-12-10(13-11)9-6-5-8(4-2)14-9/h5-6H,3-4,7,11H2,1-2H3,(H,12,13). The maximum Gasteiger partial charge on any atom is 0.179 e. The third kappa shape index (κ3) is 2.60. The normalized spacial score (nSPS) is 11.8. The number of hydrogen-bond acceptors (Lipinski definition) is 3. The molecule has 0 aliphatic carbocycles. The smallest absolute Gasteiger partial charge is 0.179 e. The first kappa shape index (κ1) is 10.8. The number of hydrazine groups is 1. The Balaban J connectivity index is 2.78. The van der Waals surface area contributed by atoms with Crippen LogP contribution in [0.5, 0.6) is 0 Å². The minimum atomic E-state index is 0.617. The molecule has 1 aromatic rings. The van der Waals surface area contributed by atoms with Crippen molar-refractivity contribution >= 4 is 5.84 Å². The minimum Gasteiger partial charge on any atom is -0.458 e. The molecule has 0 saturated carbocycles. The largest absolute Gasteiger partial charge is 0.458 e. The summed E-state index contributed by atoms with van der Waals surface area (Å²) < 4.78 is 5.51. The molecule has 0 aromatic carbocycles. The average molecular weight is 195 g/mol. The number of nitrogens with one attached hydrogen (secondary N) is 1. The van der Waals surface area contributed by atoms with Crippen molar-refractivity contribution in [2.24, 2.45) is 10.8 Å². The molecular formula is C10H17N3O. The molecule has 0 atom stereocenters. The lowest BCUT2D eigenvalue weighted by atomic mass is 10.3. The molecule has 4 heteroatoms. The fourth-order valence-corrected chi connectivity index (χ4v) is 1.11. The summed E-state index contributed by atoms with van der Waals surface area (Å²) >= 11 is 0. The molecule has 0 aliphatic heterocycles. The Kier molecular flexibility index (Phi) is 4.19. The highest BCUT2D eigenvalue weighted by atomic mass is 16.3. The Labute approximate surface area is 84.2 Å². The lowest BCUT2D eigenvalue weighted by molar-refractivity contribution is 0.505. The van der Waals surface area contributed by atoms with Gasteiger partial charge in [0.1, 0.15) is 5.76 Å². The highest BCUT2D eigenvalue weighted by molar-refractivity contribution is 5.95. The van der Waals surface area contributed by atoms with Crippen LogP contribution in [0.1, 0.15) is 31.8 Å². The molecule has 3 N–H and O–H groups in total. The van der Waals surface area contributed by atoms with E-state index in [1.165, 1.54) is 0 Å². The SMILES string of the molecule is CCCN=C(NN)c1ccc(CC)o1. The summed E-state index contributed by atoms with van der Waals surface area (Å²) in [6.07, 6.45) is 1.87. The average Bonchev–Trinajstić information content (AvgIpc) is 2.68. The summed E-state index contributed by atoms with van der Waals surface area (Å²) in [7, 11) is 0. The van der Waals surface area contributed by atoms with Crippen LogP contribution in [0.4, 0.5) is 0 Å². The molecule has 0 aliphatic rings. The lowest BCUT2D eigenvalue weighted by Crippen LogP contribution is -2.31. The highest BCUT2D eigenvalue weighted by Gasteiger charge is 2.06. The van der Waals surface area contributed by atoms with Crippen molar-refractivity contribution in [3.05, 3.63) is 23.7 Å². The summed E-state index contributed by atoms with van der Waals surface area (Å²) in [5.41, 5.74) is 2.55. The predicted octanol–water partition coefficient (Wildman–Crippen LogP) is 1.46. The molecule has 0 saturated heterocycles. The number of nitrogens with two attached hydrogens (primary N) is 1. The molecule has 1 rings (SSSR count). The van der Waals surface area contributed by atoms with Gasteiger partial charge in [-0.25, -0.2) is 5.84 Å². The van der Waals surface area contributed by atoms with Gasteiger partial charge in [-0.2, -0.15) is 0 Å². The van der Waals surface area contributed by atoms with E-state index in [4.69, 9.17) is 10.3 Å². The second-order valence-corrected chi connectivity index (χ2v) is 2.99. The first-order chi connectivity index (χ1) is 6.81. The zero-order valence-electron chi connectivity index (χ0n) is 8.71. The van der Waals surface area contributed by atoms with Crippen molar-refractivity contribution in [1.29, 1.82) is 0 Å². The van der Waals surface area contributed by atoms with Gasteiger partial charge >= 0.3 is 0 Å². The van der Waals surface area contributed by atoms with Gasteiger partial charge < -0.3 is 9.84 Å². The first-order valence-electron chi connectivity index (χ1n) is 4.92. The molecular weight excluding hydrogens is 178 g/mol. The van der Waals surface area contributed by atoms with Gasteiger partial charge in [0.15, 0.2) is 11.6 Å². The van der Waals surface area contributed by atoms with Crippen molar-refractivity contribution in [2.45, 2.75) is 26.7 Å². The van der Waals surface area contributed by atoms with E-state index in [0.29, 0.717) is 11.6 Å². The summed E-state index contributed by atoms with van der Waals surface area (Å²) in [5, 5.41) is 0. The van der Waals surface area contributed by atoms with Crippen molar-refractivity contribution in [3.63, 3.8) is 0 Å². The Morgan fingerprint density at radius 2 is 2.29 bits per heavy atom. The fourth-order valence-electron chi connectivity index (χ4n) is 1.11. The van der Waals surface area contributed by atoms with Crippen LogP contribution in [0, 0.1) is 0 Å². The molecule has 0 unspecified atom stereocenters. The van der Waals surface area contributed by atoms with E-state index >= 15 is 0 Å². The molecule has 14 heavy (non-hydrogen) atoms. The van der Waals surface area contributed by atoms with Crippen LogP contribution in [0.2, 0.25) is 0 Å². The van der Waals surface area contributed by atoms with Crippen LogP contribution in [0.15, 0.2) is 21.5 Å². The van der Waals surface area contributed by atoms with Gasteiger partial charge in [-0.3, -0.25) is 4.99 Å². The molecule has 1 heterocycles. The molecule has 0 amide bonds. The molecule has 0 spiro atoms. The number of amidine groups is 1. The van der Waals surface area contributed by atoms with Crippen LogP contribution in [-0.2, 0) is 6.42 Å². The molecule has 0 bridgehead atoms. The van der Waals surface area contributed by atoms with Crippen LogP contribution >= 0.6 is 0 Å². The van der Waals surface area contributed by atoms with Crippen molar-refractivity contribution in [1.82, 2.24) is 5.43 Å². The minimum absolute atomic E-state index is 0.617. The summed E-state index contributed by atoms with van der Waals surface area (Å²) in [5.74, 6) is 7.62. The second kappa shape index (κ2) is 5.44. The number of hydrogen-bond donors (Lipinski definition) is 2. The third-order valence-electron chi connectivity index (χ3n) is 1.87. The molecule has 78 valence electrons. The van der Waals surface area contributed by atoms with E-state index in [1.807, 2.05) is 19.1 Å². The summed E-state index contributed by atoms with van der Waals surface area (Å²) in [6.45, 7) is 4.86. The van der Waals surface area contributed by atoms with E-state index in [0.717, 1.165) is 25.1 Å². The summed E-state index contributed by atoms with van der Waals surface area (Å²) in [6, 6.07) is 3.82. The quantitative estimate of drug-likeness (QED) is 0.331. The maximum atomic E-state index is 5.51. The molecule has 1 aromatic heterocycles. The topological polar surface area (TPSA) is 63.5 Å². The fraction of sp³-hybridized carbons (Fsp3) is 0.500. The van der Waals surface area contributed by atoms with E-state index in [1.54, 1.807) is 0 Å². The van der Waals surface area contributed by atoms with Gasteiger partial charge in [0.2, 0.25) is 0 Å². The second-order valence-electron chi connectivity index (χ2n) is 2.99. The lowest BCUT2D eigenvalue weighted by Gasteiger charge is -2.01. The van der Waals surface area contributed by atoms with E-state index < -0.39 is 0 Å². The highest BCUT2D eigenvalue weighted by Crippen LogP contribution is 2.08. The van der Waals surface area contributed by atoms with Crippen molar-refractivity contribution in [2.75, 3.05) is 6.54 Å². The zero-order chi connectivity index (χ0) is 10.4. The van der Waals surface area contributed by atoms with Crippen molar-refractivity contribution < 1.29 is 4.42 Å². The van der Waals surface area contributed by atoms with Gasteiger partial charge in [0.05, 0.1) is 0 Å². The Morgan fingerprint density at radius 1 is 1.50 bits per heavy atom. The van der Waals surface area contributed by atoms with Crippen LogP contribution in [0.3, 0.4) is 0 Å². The predicted molar refractivity (Wildman–Crippen MR) is 57.1 cm³/mol. The number of aryl methyl sites for hydroxylation is 1. The summed E-state index contributed by atoms with van der Waals surface area (Å²) in [4.78, 5) is 4.27. The number of furan rings is 1. The molecule has 4 nitrogen and oxygen atoms in total. The first-order valence-corrected chi connectivity index (χ1v) is 4.92. The van der Waals surface area contributed by atoms with E-state index in [9.17, 15) is 0 Å². The van der Waals surface area contributed by atoms with Crippen LogP contribution in [0.25, 0.3) is 0 Å². The van der Waals surface area contributed by atoms with E-state index in [2.05, 4.69) is 17.3 Å². The zero-order valence-corrected chi connectivity index (χ0v) is 8.71. The van der Waals surface area contributed by atoms with Gasteiger partial charge in [-0.1, -0.05) is 13.8 Å². The van der Waals surface area contributed by atoms with Crippen molar-refractivity contribution in [3.8, 4) is 0 Å². The van der Waals surface area contributed by atoms with E-state index in [-0.39, 0.29) is 0 Å².